The molecule has 2 heterocycles. The van der Waals surface area contributed by atoms with Gasteiger partial charge < -0.3 is 9.47 Å². The van der Waals surface area contributed by atoms with Gasteiger partial charge in [0.05, 0.1) is 0 Å². The van der Waals surface area contributed by atoms with Crippen LogP contribution in [-0.2, 0) is 19.0 Å². The van der Waals surface area contributed by atoms with Gasteiger partial charge in [-0.1, -0.05) is 0 Å². The molecule has 10 heteroatoms. The van der Waals surface area contributed by atoms with E-state index in [0.717, 1.165) is 0 Å². The Balaban J connectivity index is 2.23. The van der Waals surface area contributed by atoms with Crippen molar-refractivity contribution in [3.8, 4) is 0 Å². The van der Waals surface area contributed by atoms with Crippen molar-refractivity contribution >= 4 is 5.78 Å². The lowest BCUT2D eigenvalue weighted by molar-refractivity contribution is -0.411. The molecule has 3 atom stereocenters. The van der Waals surface area contributed by atoms with Crippen LogP contribution in [0.25, 0.3) is 0 Å². The van der Waals surface area contributed by atoms with Gasteiger partial charge in [0.2, 0.25) is 5.78 Å². The van der Waals surface area contributed by atoms with Crippen molar-refractivity contribution in [2.45, 2.75) is 56.0 Å². The smallest absolute Gasteiger partial charge is 0.370 e. The zero-order valence-corrected chi connectivity index (χ0v) is 11.3. The third-order valence-electron chi connectivity index (χ3n) is 3.48. The first-order valence-corrected chi connectivity index (χ1v) is 6.69. The van der Waals surface area contributed by atoms with Gasteiger partial charge in [0.25, 0.3) is 0 Å². The van der Waals surface area contributed by atoms with E-state index >= 15 is 0 Å². The van der Waals surface area contributed by atoms with Crippen molar-refractivity contribution in [1.29, 1.82) is 0 Å². The zero-order valence-electron chi connectivity index (χ0n) is 11.3. The number of carbonyl (C=O) groups is 1. The summed E-state index contributed by atoms with van der Waals surface area (Å²) in [4.78, 5) is 11.7. The summed E-state index contributed by atoms with van der Waals surface area (Å²) in [7, 11) is 0. The van der Waals surface area contributed by atoms with Crippen LogP contribution in [0.4, 0.5) is 26.3 Å². The van der Waals surface area contributed by atoms with Crippen LogP contribution in [0.5, 0.6) is 0 Å². The number of hydrogen-bond acceptors (Lipinski definition) is 4. The molecule has 2 aliphatic rings. The number of halogens is 6. The Morgan fingerprint density at radius 1 is 0.955 bits per heavy atom. The summed E-state index contributed by atoms with van der Waals surface area (Å²) in [6.45, 7) is -0.152. The van der Waals surface area contributed by atoms with Gasteiger partial charge in [-0.3, -0.25) is 9.53 Å². The first kappa shape index (κ1) is 17.5. The monoisotopic (exact) mass is 336 g/mol. The van der Waals surface area contributed by atoms with Gasteiger partial charge in [-0.05, 0) is 25.7 Å². The van der Waals surface area contributed by atoms with Crippen molar-refractivity contribution in [2.75, 3.05) is 13.2 Å². The molecule has 2 rings (SSSR count). The summed E-state index contributed by atoms with van der Waals surface area (Å²) >= 11 is 0. The predicted molar refractivity (Wildman–Crippen MR) is 58.9 cm³/mol. The fraction of sp³-hybridized carbons (Fsp3) is 0.917. The Kier molecular flexibility index (Phi) is 4.74. The van der Waals surface area contributed by atoms with Crippen molar-refractivity contribution in [2.24, 2.45) is 0 Å². The Morgan fingerprint density at radius 2 is 1.55 bits per heavy atom. The lowest BCUT2D eigenvalue weighted by atomic mass is 10.0. The number of hydrogen-bond donors (Lipinski definition) is 0. The Morgan fingerprint density at radius 3 is 2.00 bits per heavy atom. The summed E-state index contributed by atoms with van der Waals surface area (Å²) < 4.78 is 92.8. The van der Waals surface area contributed by atoms with E-state index < -0.39 is 36.1 Å². The van der Waals surface area contributed by atoms with Gasteiger partial charge in [0.15, 0.2) is 0 Å². The predicted octanol–water partition coefficient (Wildman–Crippen LogP) is 2.75. The topological polar surface area (TPSA) is 44.8 Å². The SMILES string of the molecule is O=C(C1CCCO1)C(F)(OC(F)(F)C1CCCO1)C(F)(F)F. The van der Waals surface area contributed by atoms with E-state index in [-0.39, 0.29) is 38.9 Å². The number of alkyl halides is 6. The molecule has 0 amide bonds. The number of ether oxygens (including phenoxy) is 3. The van der Waals surface area contributed by atoms with E-state index in [1.165, 1.54) is 0 Å². The minimum Gasteiger partial charge on any atom is -0.370 e. The van der Waals surface area contributed by atoms with Gasteiger partial charge in [0, 0.05) is 13.2 Å². The Labute approximate surface area is 121 Å². The summed E-state index contributed by atoms with van der Waals surface area (Å²) in [5.41, 5.74) is 0. The fourth-order valence-electron chi connectivity index (χ4n) is 2.34. The van der Waals surface area contributed by atoms with E-state index in [1.807, 2.05) is 0 Å². The van der Waals surface area contributed by atoms with Crippen LogP contribution in [0.1, 0.15) is 25.7 Å². The molecule has 0 aromatic heterocycles. The molecule has 0 spiro atoms. The molecule has 4 nitrogen and oxygen atoms in total. The van der Waals surface area contributed by atoms with Crippen LogP contribution < -0.4 is 0 Å². The molecule has 2 saturated heterocycles. The Bertz CT molecular complexity index is 414. The van der Waals surface area contributed by atoms with Crippen molar-refractivity contribution in [3.63, 3.8) is 0 Å². The minimum absolute atomic E-state index is 0.0491. The van der Waals surface area contributed by atoms with Crippen molar-refractivity contribution < 1.29 is 45.3 Å². The van der Waals surface area contributed by atoms with Crippen LogP contribution >= 0.6 is 0 Å². The van der Waals surface area contributed by atoms with Gasteiger partial charge in [-0.25, -0.2) is 0 Å². The van der Waals surface area contributed by atoms with Gasteiger partial charge in [0.1, 0.15) is 12.2 Å². The second-order valence-corrected chi connectivity index (χ2v) is 5.12. The van der Waals surface area contributed by atoms with E-state index in [1.54, 1.807) is 0 Å². The summed E-state index contributed by atoms with van der Waals surface area (Å²) in [5.74, 6) is -7.34. The molecule has 0 bridgehead atoms. The highest BCUT2D eigenvalue weighted by Crippen LogP contribution is 2.44. The maximum Gasteiger partial charge on any atom is 0.456 e. The number of Topliss-reactive ketones (excluding diaryl/α,β-unsaturated/α-hetero) is 1. The average molecular weight is 336 g/mol. The van der Waals surface area contributed by atoms with Crippen molar-refractivity contribution in [1.82, 2.24) is 0 Å². The lowest BCUT2D eigenvalue weighted by Gasteiger charge is -2.33. The largest absolute Gasteiger partial charge is 0.456 e. The molecule has 0 radical (unpaired) electrons. The van der Waals surface area contributed by atoms with Crippen LogP contribution in [0.2, 0.25) is 0 Å². The number of rotatable bonds is 5. The normalized spacial score (nSPS) is 29.5. The molecule has 0 aromatic carbocycles. The summed E-state index contributed by atoms with van der Waals surface area (Å²) in [6.07, 6.45) is -14.4. The summed E-state index contributed by atoms with van der Waals surface area (Å²) in [6, 6.07) is 0. The van der Waals surface area contributed by atoms with Crippen LogP contribution in [-0.4, -0.2) is 49.3 Å². The average Bonchev–Trinajstić information content (AvgIpc) is 3.09. The van der Waals surface area contributed by atoms with Gasteiger partial charge in [-0.15, -0.1) is 0 Å². The third kappa shape index (κ3) is 3.23. The molecule has 0 aromatic rings. The Hall–Kier alpha value is -0.870. The lowest BCUT2D eigenvalue weighted by Crippen LogP contribution is -2.59. The first-order chi connectivity index (χ1) is 10.1. The third-order valence-corrected chi connectivity index (χ3v) is 3.48. The molecular formula is C12H14F6O4. The molecular weight excluding hydrogens is 322 g/mol. The van der Waals surface area contributed by atoms with Crippen LogP contribution in [0.15, 0.2) is 0 Å². The molecule has 2 aliphatic heterocycles. The highest BCUT2D eigenvalue weighted by Gasteiger charge is 2.69. The number of ketones is 1. The maximum absolute atomic E-state index is 14.2. The molecule has 0 N–H and O–H groups in total. The summed E-state index contributed by atoms with van der Waals surface area (Å²) in [5, 5.41) is 0. The van der Waals surface area contributed by atoms with E-state index in [9.17, 15) is 31.1 Å². The maximum atomic E-state index is 14.2. The second kappa shape index (κ2) is 5.97. The van der Waals surface area contributed by atoms with E-state index in [4.69, 9.17) is 0 Å². The standard InChI is InChI=1S/C12H14F6O4/c13-10(12(16,17)18,9(19)7-3-1-5-20-7)22-11(14,15)8-4-2-6-21-8/h7-8H,1-6H2. The van der Waals surface area contributed by atoms with Crippen LogP contribution in [0.3, 0.4) is 0 Å². The molecule has 2 fully saturated rings. The van der Waals surface area contributed by atoms with Gasteiger partial charge >= 0.3 is 18.1 Å². The number of carbonyl (C=O) groups excluding carboxylic acids is 1. The zero-order chi connectivity index (χ0) is 16.6. The highest BCUT2D eigenvalue weighted by molar-refractivity contribution is 5.91. The van der Waals surface area contributed by atoms with E-state index in [0.29, 0.717) is 0 Å². The molecule has 128 valence electrons. The van der Waals surface area contributed by atoms with Gasteiger partial charge in [-0.2, -0.15) is 26.3 Å². The van der Waals surface area contributed by atoms with Crippen molar-refractivity contribution in [3.05, 3.63) is 0 Å². The molecule has 22 heavy (non-hydrogen) atoms. The first-order valence-electron chi connectivity index (χ1n) is 6.69. The minimum atomic E-state index is -5.96. The fourth-order valence-corrected chi connectivity index (χ4v) is 2.34. The highest BCUT2D eigenvalue weighted by atomic mass is 19.4. The van der Waals surface area contributed by atoms with E-state index in [2.05, 4.69) is 14.2 Å². The molecule has 0 aliphatic carbocycles. The quantitative estimate of drug-likeness (QED) is 0.724. The van der Waals surface area contributed by atoms with Crippen LogP contribution in [0, 0.1) is 0 Å². The molecule has 3 unspecified atom stereocenters. The second-order valence-electron chi connectivity index (χ2n) is 5.12. The molecule has 0 saturated carbocycles.